The van der Waals surface area contributed by atoms with Crippen LogP contribution in [-0.4, -0.2) is 18.1 Å². The van der Waals surface area contributed by atoms with Gasteiger partial charge in [0.25, 0.3) is 0 Å². The first-order valence-corrected chi connectivity index (χ1v) is 15.5. The van der Waals surface area contributed by atoms with Gasteiger partial charge in [0.2, 0.25) is 5.13 Å². The summed E-state index contributed by atoms with van der Waals surface area (Å²) in [4.78, 5) is 7.77. The zero-order valence-electron chi connectivity index (χ0n) is 23.4. The summed E-state index contributed by atoms with van der Waals surface area (Å²) in [6.07, 6.45) is 3.50. The molecule has 2 heterocycles. The molecular formula is C31H32N8S2. The van der Waals surface area contributed by atoms with E-state index < -0.39 is 0 Å². The maximum absolute atomic E-state index is 4.59. The van der Waals surface area contributed by atoms with Crippen molar-refractivity contribution in [3.8, 4) is 0 Å². The summed E-state index contributed by atoms with van der Waals surface area (Å²) in [6.45, 7) is 8.46. The second kappa shape index (κ2) is 14.0. The topological polar surface area (TPSA) is 90.3 Å². The number of fused-ring (bicyclic) bond motifs is 1. The standard InChI is InChI=1S/C31H32N8S2/c1-4-7-8-22-9-11-23(12-10-22)35-37-29-21-28-30(41-29)32-31(40-28)38-36-25-15-13-24(14-16-25)33-34-26-17-19-27(20-18-26)39(5-2)6-3/h9-21H,4-8H2,1-3H3. The fourth-order valence-electron chi connectivity index (χ4n) is 4.14. The largest absolute Gasteiger partial charge is 0.372 e. The van der Waals surface area contributed by atoms with E-state index in [1.165, 1.54) is 46.8 Å². The number of anilines is 1. The number of azo groups is 3. The van der Waals surface area contributed by atoms with Gasteiger partial charge in [0.05, 0.1) is 27.4 Å². The fourth-order valence-corrected chi connectivity index (χ4v) is 5.99. The molecule has 208 valence electrons. The average molecular weight is 581 g/mol. The van der Waals surface area contributed by atoms with Crippen molar-refractivity contribution < 1.29 is 0 Å². The minimum absolute atomic E-state index is 0.606. The summed E-state index contributed by atoms with van der Waals surface area (Å²) in [7, 11) is 0. The van der Waals surface area contributed by atoms with Crippen LogP contribution in [0.3, 0.4) is 0 Å². The number of aryl methyl sites for hydroxylation is 1. The number of hydrogen-bond acceptors (Lipinski definition) is 10. The SMILES string of the molecule is CCCCc1ccc(N=Nc2cc3sc(N=Nc4ccc(N=Nc5ccc(N(CC)CC)cc5)cc4)nc3s2)cc1. The van der Waals surface area contributed by atoms with Gasteiger partial charge >= 0.3 is 0 Å². The highest BCUT2D eigenvalue weighted by molar-refractivity contribution is 7.30. The van der Waals surface area contributed by atoms with Crippen LogP contribution in [0.25, 0.3) is 9.53 Å². The minimum Gasteiger partial charge on any atom is -0.372 e. The number of thiazole rings is 1. The summed E-state index contributed by atoms with van der Waals surface area (Å²) < 4.78 is 1.02. The summed E-state index contributed by atoms with van der Waals surface area (Å²) in [5.74, 6) is 0. The predicted molar refractivity (Wildman–Crippen MR) is 172 cm³/mol. The van der Waals surface area contributed by atoms with Crippen molar-refractivity contribution in [3.05, 3.63) is 84.4 Å². The van der Waals surface area contributed by atoms with Crippen molar-refractivity contribution in [1.82, 2.24) is 4.98 Å². The molecule has 0 saturated heterocycles. The molecule has 5 rings (SSSR count). The van der Waals surface area contributed by atoms with E-state index in [2.05, 4.69) is 85.6 Å². The summed E-state index contributed by atoms with van der Waals surface area (Å²) >= 11 is 2.98. The number of nitrogens with zero attached hydrogens (tertiary/aromatic N) is 8. The molecule has 2 aromatic heterocycles. The first-order chi connectivity index (χ1) is 20.1. The van der Waals surface area contributed by atoms with Crippen molar-refractivity contribution in [1.29, 1.82) is 0 Å². The van der Waals surface area contributed by atoms with Crippen molar-refractivity contribution >= 4 is 70.8 Å². The zero-order chi connectivity index (χ0) is 28.4. The van der Waals surface area contributed by atoms with E-state index in [0.29, 0.717) is 5.13 Å². The van der Waals surface area contributed by atoms with E-state index in [1.807, 2.05) is 54.6 Å². The maximum Gasteiger partial charge on any atom is 0.231 e. The van der Waals surface area contributed by atoms with Gasteiger partial charge in [-0.05, 0) is 99.0 Å². The van der Waals surface area contributed by atoms with Gasteiger partial charge in [-0.25, -0.2) is 4.98 Å². The number of aromatic nitrogens is 1. The zero-order valence-corrected chi connectivity index (χ0v) is 25.1. The Balaban J connectivity index is 1.16. The molecule has 8 nitrogen and oxygen atoms in total. The third-order valence-electron chi connectivity index (χ3n) is 6.44. The second-order valence-corrected chi connectivity index (χ2v) is 11.3. The number of unbranched alkanes of at least 4 members (excludes halogenated alkanes) is 1. The van der Waals surface area contributed by atoms with E-state index in [4.69, 9.17) is 0 Å². The van der Waals surface area contributed by atoms with E-state index in [-0.39, 0.29) is 0 Å². The Bertz CT molecular complexity index is 1600. The van der Waals surface area contributed by atoms with Crippen LogP contribution in [0.15, 0.2) is 110 Å². The Hall–Kier alpha value is -4.15. The van der Waals surface area contributed by atoms with Crippen molar-refractivity contribution in [2.24, 2.45) is 30.7 Å². The summed E-state index contributed by atoms with van der Waals surface area (Å²) in [5, 5.41) is 27.6. The Morgan fingerprint density at radius 1 is 0.634 bits per heavy atom. The molecule has 3 aromatic carbocycles. The Kier molecular flexibility index (Phi) is 9.66. The summed E-state index contributed by atoms with van der Waals surface area (Å²) in [6, 6.07) is 25.9. The van der Waals surface area contributed by atoms with Gasteiger partial charge in [0, 0.05) is 18.8 Å². The van der Waals surface area contributed by atoms with Crippen LogP contribution < -0.4 is 4.90 Å². The lowest BCUT2D eigenvalue weighted by molar-refractivity contribution is 0.795. The van der Waals surface area contributed by atoms with Crippen LogP contribution in [0.4, 0.5) is 38.6 Å². The molecule has 0 unspecified atom stereocenters. The highest BCUT2D eigenvalue weighted by atomic mass is 32.1. The van der Waals surface area contributed by atoms with Gasteiger partial charge in [-0.1, -0.05) is 48.2 Å². The van der Waals surface area contributed by atoms with Crippen molar-refractivity contribution in [2.75, 3.05) is 18.0 Å². The quantitative estimate of drug-likeness (QED) is 0.137. The highest BCUT2D eigenvalue weighted by Gasteiger charge is 2.08. The van der Waals surface area contributed by atoms with Crippen LogP contribution in [0, 0.1) is 0 Å². The first kappa shape index (κ1) is 28.4. The van der Waals surface area contributed by atoms with E-state index in [9.17, 15) is 0 Å². The van der Waals surface area contributed by atoms with Gasteiger partial charge in [0.15, 0.2) is 0 Å². The molecule has 0 fully saturated rings. The number of hydrogen-bond donors (Lipinski definition) is 0. The molecule has 0 aliphatic rings. The molecular weight excluding hydrogens is 549 g/mol. The Labute approximate surface area is 248 Å². The maximum atomic E-state index is 4.59. The molecule has 0 spiro atoms. The molecule has 0 aliphatic heterocycles. The summed E-state index contributed by atoms with van der Waals surface area (Å²) in [5.41, 5.74) is 5.66. The van der Waals surface area contributed by atoms with Crippen LogP contribution in [0.2, 0.25) is 0 Å². The van der Waals surface area contributed by atoms with Gasteiger partial charge < -0.3 is 4.90 Å². The van der Waals surface area contributed by atoms with Crippen LogP contribution >= 0.6 is 22.7 Å². The van der Waals surface area contributed by atoms with E-state index in [1.54, 1.807) is 0 Å². The fraction of sp³-hybridized carbons (Fsp3) is 0.258. The Morgan fingerprint density at radius 3 is 1.73 bits per heavy atom. The van der Waals surface area contributed by atoms with Crippen molar-refractivity contribution in [3.63, 3.8) is 0 Å². The third kappa shape index (κ3) is 7.74. The number of thiophene rings is 1. The monoisotopic (exact) mass is 580 g/mol. The van der Waals surface area contributed by atoms with Gasteiger partial charge in [-0.3, -0.25) is 0 Å². The Morgan fingerprint density at radius 2 is 1.17 bits per heavy atom. The van der Waals surface area contributed by atoms with Crippen molar-refractivity contribution in [2.45, 2.75) is 40.0 Å². The molecule has 0 amide bonds. The lowest BCUT2D eigenvalue weighted by Crippen LogP contribution is -2.21. The third-order valence-corrected chi connectivity index (χ3v) is 8.37. The molecule has 5 aromatic rings. The second-order valence-electron chi connectivity index (χ2n) is 9.33. The minimum atomic E-state index is 0.606. The molecule has 41 heavy (non-hydrogen) atoms. The lowest BCUT2D eigenvalue weighted by atomic mass is 10.1. The van der Waals surface area contributed by atoms with Gasteiger partial charge in [-0.15, -0.1) is 20.5 Å². The molecule has 0 saturated carbocycles. The average Bonchev–Trinajstić information content (AvgIpc) is 3.58. The van der Waals surface area contributed by atoms with Crippen LogP contribution in [-0.2, 0) is 6.42 Å². The molecule has 0 radical (unpaired) electrons. The van der Waals surface area contributed by atoms with Crippen LogP contribution in [0.5, 0.6) is 0 Å². The van der Waals surface area contributed by atoms with E-state index >= 15 is 0 Å². The smallest absolute Gasteiger partial charge is 0.231 e. The van der Waals surface area contributed by atoms with Gasteiger partial charge in [0.1, 0.15) is 9.83 Å². The normalized spacial score (nSPS) is 12.0. The highest BCUT2D eigenvalue weighted by Crippen LogP contribution is 2.39. The molecule has 0 aliphatic carbocycles. The number of benzene rings is 3. The lowest BCUT2D eigenvalue weighted by Gasteiger charge is -2.20. The van der Waals surface area contributed by atoms with E-state index in [0.717, 1.165) is 56.8 Å². The first-order valence-electron chi connectivity index (χ1n) is 13.8. The van der Waals surface area contributed by atoms with Gasteiger partial charge in [-0.2, -0.15) is 10.2 Å². The molecule has 10 heteroatoms. The predicted octanol–water partition coefficient (Wildman–Crippen LogP) is 11.8. The number of rotatable bonds is 12. The van der Waals surface area contributed by atoms with Crippen LogP contribution in [0.1, 0.15) is 39.2 Å². The molecule has 0 N–H and O–H groups in total. The molecule has 0 atom stereocenters. The molecule has 0 bridgehead atoms.